The standard InChI is InChI=1S/C18H14N2/c1-2-14-6-3-10-17(12-14)20-13-16-8-4-7-15-9-5-11-19-18(15)16/h1,3-12,20H,13H2. The minimum atomic E-state index is 0.725. The summed E-state index contributed by atoms with van der Waals surface area (Å²) in [7, 11) is 0. The zero-order valence-electron chi connectivity index (χ0n) is 11.0. The van der Waals surface area contributed by atoms with Gasteiger partial charge in [-0.15, -0.1) is 6.42 Å². The van der Waals surface area contributed by atoms with Crippen LogP contribution in [0.1, 0.15) is 11.1 Å². The molecule has 2 heteroatoms. The van der Waals surface area contributed by atoms with Gasteiger partial charge in [0, 0.05) is 29.4 Å². The SMILES string of the molecule is C#Cc1cccc(NCc2cccc3cccnc23)c1. The summed E-state index contributed by atoms with van der Waals surface area (Å²) in [4.78, 5) is 4.45. The van der Waals surface area contributed by atoms with Crippen LogP contribution in [0.3, 0.4) is 0 Å². The van der Waals surface area contributed by atoms with Crippen molar-refractivity contribution in [3.63, 3.8) is 0 Å². The first-order valence-corrected chi connectivity index (χ1v) is 6.50. The number of terminal acetylenes is 1. The highest BCUT2D eigenvalue weighted by molar-refractivity contribution is 5.81. The lowest BCUT2D eigenvalue weighted by Gasteiger charge is -2.09. The Bertz CT molecular complexity index is 779. The van der Waals surface area contributed by atoms with Crippen LogP contribution in [0.2, 0.25) is 0 Å². The Kier molecular flexibility index (Phi) is 3.34. The summed E-state index contributed by atoms with van der Waals surface area (Å²) in [6.07, 6.45) is 7.24. The lowest BCUT2D eigenvalue weighted by atomic mass is 10.1. The number of pyridine rings is 1. The fourth-order valence-electron chi connectivity index (χ4n) is 2.23. The van der Waals surface area contributed by atoms with Crippen LogP contribution in [-0.4, -0.2) is 4.98 Å². The lowest BCUT2D eigenvalue weighted by Crippen LogP contribution is -2.00. The predicted octanol–water partition coefficient (Wildman–Crippen LogP) is 3.83. The molecule has 1 heterocycles. The van der Waals surface area contributed by atoms with E-state index in [0.29, 0.717) is 0 Å². The van der Waals surface area contributed by atoms with Crippen molar-refractivity contribution >= 4 is 16.6 Å². The topological polar surface area (TPSA) is 24.9 Å². The Hall–Kier alpha value is -2.79. The number of fused-ring (bicyclic) bond motifs is 1. The Morgan fingerprint density at radius 2 is 1.90 bits per heavy atom. The molecule has 3 aromatic rings. The third-order valence-corrected chi connectivity index (χ3v) is 3.23. The molecule has 0 aliphatic heterocycles. The predicted molar refractivity (Wildman–Crippen MR) is 83.4 cm³/mol. The van der Waals surface area contributed by atoms with Crippen LogP contribution in [0.15, 0.2) is 60.8 Å². The monoisotopic (exact) mass is 258 g/mol. The summed E-state index contributed by atoms with van der Waals surface area (Å²) in [6, 6.07) is 18.1. The molecule has 1 aromatic heterocycles. The smallest absolute Gasteiger partial charge is 0.0751 e. The van der Waals surface area contributed by atoms with Gasteiger partial charge in [0.1, 0.15) is 0 Å². The fraction of sp³-hybridized carbons (Fsp3) is 0.0556. The molecule has 0 radical (unpaired) electrons. The third-order valence-electron chi connectivity index (χ3n) is 3.23. The van der Waals surface area contributed by atoms with E-state index in [4.69, 9.17) is 6.42 Å². The van der Waals surface area contributed by atoms with Gasteiger partial charge < -0.3 is 5.32 Å². The maximum atomic E-state index is 5.41. The Labute approximate surface area is 118 Å². The molecule has 0 bridgehead atoms. The second kappa shape index (κ2) is 5.46. The molecule has 0 unspecified atom stereocenters. The van der Waals surface area contributed by atoms with E-state index in [1.165, 1.54) is 5.56 Å². The van der Waals surface area contributed by atoms with Crippen LogP contribution in [0, 0.1) is 12.3 Å². The van der Waals surface area contributed by atoms with Gasteiger partial charge in [-0.2, -0.15) is 0 Å². The first-order chi connectivity index (χ1) is 9.86. The quantitative estimate of drug-likeness (QED) is 0.722. The molecule has 0 aliphatic carbocycles. The first-order valence-electron chi connectivity index (χ1n) is 6.50. The number of para-hydroxylation sites is 1. The molecule has 1 N–H and O–H groups in total. The zero-order valence-corrected chi connectivity index (χ0v) is 11.0. The van der Waals surface area contributed by atoms with Crippen molar-refractivity contribution < 1.29 is 0 Å². The van der Waals surface area contributed by atoms with E-state index in [9.17, 15) is 0 Å². The normalized spacial score (nSPS) is 10.2. The van der Waals surface area contributed by atoms with Crippen molar-refractivity contribution in [1.29, 1.82) is 0 Å². The van der Waals surface area contributed by atoms with Crippen molar-refractivity contribution in [2.24, 2.45) is 0 Å². The van der Waals surface area contributed by atoms with Gasteiger partial charge in [0.05, 0.1) is 5.52 Å². The summed E-state index contributed by atoms with van der Waals surface area (Å²) in [5.41, 5.74) is 4.12. The van der Waals surface area contributed by atoms with Crippen molar-refractivity contribution in [2.75, 3.05) is 5.32 Å². The Morgan fingerprint density at radius 3 is 2.80 bits per heavy atom. The molecular formula is C18H14N2. The molecule has 0 fully saturated rings. The molecule has 0 aliphatic rings. The number of nitrogens with zero attached hydrogens (tertiary/aromatic N) is 1. The minimum absolute atomic E-state index is 0.725. The minimum Gasteiger partial charge on any atom is -0.381 e. The molecule has 0 saturated carbocycles. The average Bonchev–Trinajstić information content (AvgIpc) is 2.53. The van der Waals surface area contributed by atoms with Crippen LogP contribution < -0.4 is 5.32 Å². The highest BCUT2D eigenvalue weighted by Crippen LogP contribution is 2.18. The average molecular weight is 258 g/mol. The number of rotatable bonds is 3. The first kappa shape index (κ1) is 12.3. The molecule has 0 atom stereocenters. The van der Waals surface area contributed by atoms with E-state index in [-0.39, 0.29) is 0 Å². The van der Waals surface area contributed by atoms with E-state index >= 15 is 0 Å². The number of nitrogens with one attached hydrogen (secondary N) is 1. The summed E-state index contributed by atoms with van der Waals surface area (Å²) in [5, 5.41) is 4.55. The van der Waals surface area contributed by atoms with Gasteiger partial charge in [-0.05, 0) is 29.8 Å². The number of anilines is 1. The number of aromatic nitrogens is 1. The van der Waals surface area contributed by atoms with Crippen LogP contribution in [0.5, 0.6) is 0 Å². The van der Waals surface area contributed by atoms with Crippen molar-refractivity contribution in [3.05, 3.63) is 71.9 Å². The van der Waals surface area contributed by atoms with Crippen molar-refractivity contribution in [1.82, 2.24) is 4.98 Å². The second-order valence-corrected chi connectivity index (χ2v) is 4.57. The van der Waals surface area contributed by atoms with Gasteiger partial charge in [-0.1, -0.05) is 36.3 Å². The van der Waals surface area contributed by atoms with Gasteiger partial charge in [0.15, 0.2) is 0 Å². The summed E-state index contributed by atoms with van der Waals surface area (Å²) < 4.78 is 0. The molecule has 2 aromatic carbocycles. The third kappa shape index (κ3) is 2.48. The van der Waals surface area contributed by atoms with Crippen LogP contribution >= 0.6 is 0 Å². The highest BCUT2D eigenvalue weighted by atomic mass is 14.9. The maximum absolute atomic E-state index is 5.41. The van der Waals surface area contributed by atoms with Gasteiger partial charge >= 0.3 is 0 Å². The van der Waals surface area contributed by atoms with Crippen molar-refractivity contribution in [2.45, 2.75) is 6.54 Å². The van der Waals surface area contributed by atoms with Gasteiger partial charge in [0.25, 0.3) is 0 Å². The van der Waals surface area contributed by atoms with Gasteiger partial charge in [-0.25, -0.2) is 0 Å². The Morgan fingerprint density at radius 1 is 1.05 bits per heavy atom. The fourth-order valence-corrected chi connectivity index (χ4v) is 2.23. The summed E-state index contributed by atoms with van der Waals surface area (Å²) >= 11 is 0. The van der Waals surface area contributed by atoms with E-state index in [0.717, 1.165) is 28.7 Å². The summed E-state index contributed by atoms with van der Waals surface area (Å²) in [6.45, 7) is 0.725. The number of benzene rings is 2. The van der Waals surface area contributed by atoms with Crippen LogP contribution in [0.25, 0.3) is 10.9 Å². The second-order valence-electron chi connectivity index (χ2n) is 4.57. The van der Waals surface area contributed by atoms with Crippen LogP contribution in [-0.2, 0) is 6.54 Å². The molecule has 96 valence electrons. The van der Waals surface area contributed by atoms with E-state index in [1.54, 1.807) is 0 Å². The molecule has 0 saturated heterocycles. The van der Waals surface area contributed by atoms with E-state index in [1.807, 2.05) is 36.5 Å². The van der Waals surface area contributed by atoms with E-state index in [2.05, 4.69) is 40.5 Å². The Balaban J connectivity index is 1.85. The molecule has 0 amide bonds. The molecule has 0 spiro atoms. The van der Waals surface area contributed by atoms with E-state index < -0.39 is 0 Å². The maximum Gasteiger partial charge on any atom is 0.0751 e. The van der Waals surface area contributed by atoms with Gasteiger partial charge in [-0.3, -0.25) is 4.98 Å². The lowest BCUT2D eigenvalue weighted by molar-refractivity contribution is 1.15. The summed E-state index contributed by atoms with van der Waals surface area (Å²) in [5.74, 6) is 2.64. The molecular weight excluding hydrogens is 244 g/mol. The highest BCUT2D eigenvalue weighted by Gasteiger charge is 2.01. The van der Waals surface area contributed by atoms with Crippen LogP contribution in [0.4, 0.5) is 5.69 Å². The molecule has 3 rings (SSSR count). The number of hydrogen-bond donors (Lipinski definition) is 1. The van der Waals surface area contributed by atoms with Gasteiger partial charge in [0.2, 0.25) is 0 Å². The molecule has 2 nitrogen and oxygen atoms in total. The number of hydrogen-bond acceptors (Lipinski definition) is 2. The molecule has 20 heavy (non-hydrogen) atoms. The largest absolute Gasteiger partial charge is 0.381 e. The zero-order chi connectivity index (χ0) is 13.8. The van der Waals surface area contributed by atoms with Crippen molar-refractivity contribution in [3.8, 4) is 12.3 Å².